The Kier molecular flexibility index (Phi) is 5.43. The van der Waals surface area contributed by atoms with E-state index in [1.165, 1.54) is 20.3 Å². The van der Waals surface area contributed by atoms with Gasteiger partial charge in [0.15, 0.2) is 11.5 Å². The molecular weight excluding hydrogens is 322 g/mol. The average Bonchev–Trinajstić information content (AvgIpc) is 2.35. The summed E-state index contributed by atoms with van der Waals surface area (Å²) in [6.07, 6.45) is 0.726. The van der Waals surface area contributed by atoms with Gasteiger partial charge in [-0.15, -0.1) is 0 Å². The molecule has 7 heteroatoms. The van der Waals surface area contributed by atoms with E-state index in [0.29, 0.717) is 22.5 Å². The first-order valence-corrected chi connectivity index (χ1v) is 7.65. The number of benzene rings is 1. The first-order valence-electron chi connectivity index (χ1n) is 5.37. The fraction of sp³-hybridized carbons (Fsp3) is 0.455. The molecule has 0 aliphatic carbocycles. The molecule has 0 aliphatic heterocycles. The van der Waals surface area contributed by atoms with Gasteiger partial charge in [-0.2, -0.15) is 0 Å². The maximum Gasteiger partial charge on any atom is 0.241 e. The van der Waals surface area contributed by atoms with Crippen LogP contribution in [-0.2, 0) is 10.0 Å². The minimum atomic E-state index is -3.54. The molecule has 0 aliphatic rings. The van der Waals surface area contributed by atoms with Crippen LogP contribution in [0.2, 0.25) is 0 Å². The normalized spacial score (nSPS) is 11.3. The Morgan fingerprint density at radius 1 is 1.22 bits per heavy atom. The Morgan fingerprint density at radius 3 is 2.28 bits per heavy atom. The summed E-state index contributed by atoms with van der Waals surface area (Å²) in [6.45, 7) is 2.29. The largest absolute Gasteiger partial charge is 0.493 e. The van der Waals surface area contributed by atoms with E-state index in [1.807, 2.05) is 6.92 Å². The molecule has 18 heavy (non-hydrogen) atoms. The number of halogens is 1. The van der Waals surface area contributed by atoms with Crippen molar-refractivity contribution >= 4 is 26.0 Å². The smallest absolute Gasteiger partial charge is 0.241 e. The first-order chi connectivity index (χ1) is 8.46. The fourth-order valence-corrected chi connectivity index (χ4v) is 3.52. The number of rotatable bonds is 6. The summed E-state index contributed by atoms with van der Waals surface area (Å²) >= 11 is 3.22. The second kappa shape index (κ2) is 6.40. The molecule has 1 rings (SSSR count). The Morgan fingerprint density at radius 2 is 1.78 bits per heavy atom. The molecule has 1 aromatic rings. The number of nitrogens with one attached hydrogen (secondary N) is 1. The van der Waals surface area contributed by atoms with Crippen LogP contribution in [0.4, 0.5) is 0 Å². The Balaban J connectivity index is 3.25. The quantitative estimate of drug-likeness (QED) is 0.863. The van der Waals surface area contributed by atoms with Crippen molar-refractivity contribution in [2.75, 3.05) is 20.8 Å². The lowest BCUT2D eigenvalue weighted by atomic mass is 10.3. The van der Waals surface area contributed by atoms with Crippen LogP contribution in [0.3, 0.4) is 0 Å². The summed E-state index contributed by atoms with van der Waals surface area (Å²) in [5.74, 6) is 0.844. The van der Waals surface area contributed by atoms with Gasteiger partial charge in [-0.25, -0.2) is 13.1 Å². The summed E-state index contributed by atoms with van der Waals surface area (Å²) in [5, 5.41) is 0. The molecule has 0 saturated heterocycles. The third kappa shape index (κ3) is 3.37. The molecule has 5 nitrogen and oxygen atoms in total. The highest BCUT2D eigenvalue weighted by atomic mass is 79.9. The van der Waals surface area contributed by atoms with E-state index < -0.39 is 10.0 Å². The van der Waals surface area contributed by atoms with E-state index >= 15 is 0 Å². The van der Waals surface area contributed by atoms with Gasteiger partial charge < -0.3 is 9.47 Å². The third-order valence-corrected chi connectivity index (χ3v) is 4.69. The molecule has 1 aromatic carbocycles. The van der Waals surface area contributed by atoms with Crippen LogP contribution in [0.5, 0.6) is 11.5 Å². The summed E-state index contributed by atoms with van der Waals surface area (Å²) in [5.41, 5.74) is 0. The van der Waals surface area contributed by atoms with E-state index in [-0.39, 0.29) is 4.90 Å². The van der Waals surface area contributed by atoms with Gasteiger partial charge in [0.1, 0.15) is 4.90 Å². The highest BCUT2D eigenvalue weighted by molar-refractivity contribution is 9.10. The predicted molar refractivity (Wildman–Crippen MR) is 72.7 cm³/mol. The van der Waals surface area contributed by atoms with Gasteiger partial charge in [-0.3, -0.25) is 0 Å². The maximum absolute atomic E-state index is 12.0. The molecule has 102 valence electrons. The van der Waals surface area contributed by atoms with Crippen molar-refractivity contribution in [2.45, 2.75) is 18.2 Å². The van der Waals surface area contributed by atoms with Crippen molar-refractivity contribution < 1.29 is 17.9 Å². The molecule has 0 unspecified atom stereocenters. The van der Waals surface area contributed by atoms with Gasteiger partial charge >= 0.3 is 0 Å². The molecule has 1 N–H and O–H groups in total. The second-order valence-electron chi connectivity index (χ2n) is 3.54. The number of sulfonamides is 1. The zero-order valence-electron chi connectivity index (χ0n) is 10.5. The van der Waals surface area contributed by atoms with Crippen molar-refractivity contribution in [2.24, 2.45) is 0 Å². The van der Waals surface area contributed by atoms with Gasteiger partial charge in [0.2, 0.25) is 10.0 Å². The molecule has 0 fully saturated rings. The lowest BCUT2D eigenvalue weighted by Crippen LogP contribution is -2.24. The van der Waals surface area contributed by atoms with Crippen LogP contribution < -0.4 is 14.2 Å². The van der Waals surface area contributed by atoms with Crippen molar-refractivity contribution in [1.82, 2.24) is 4.72 Å². The van der Waals surface area contributed by atoms with Crippen molar-refractivity contribution in [3.8, 4) is 11.5 Å². The summed E-state index contributed by atoms with van der Waals surface area (Å²) in [4.78, 5) is 0.133. The Hall–Kier alpha value is -0.790. The Labute approximate surface area is 116 Å². The van der Waals surface area contributed by atoms with Crippen molar-refractivity contribution in [3.05, 3.63) is 16.6 Å². The van der Waals surface area contributed by atoms with E-state index in [4.69, 9.17) is 9.47 Å². The van der Waals surface area contributed by atoms with Gasteiger partial charge in [0, 0.05) is 17.1 Å². The van der Waals surface area contributed by atoms with E-state index in [9.17, 15) is 8.42 Å². The van der Waals surface area contributed by atoms with Crippen LogP contribution in [0.15, 0.2) is 21.5 Å². The first kappa shape index (κ1) is 15.3. The lowest BCUT2D eigenvalue weighted by molar-refractivity contribution is 0.353. The van der Waals surface area contributed by atoms with Crippen LogP contribution in [0, 0.1) is 0 Å². The monoisotopic (exact) mass is 337 g/mol. The highest BCUT2D eigenvalue weighted by Gasteiger charge is 2.20. The average molecular weight is 338 g/mol. The zero-order valence-corrected chi connectivity index (χ0v) is 12.9. The second-order valence-corrected chi connectivity index (χ2v) is 6.13. The predicted octanol–water partition coefficient (Wildman–Crippen LogP) is 2.15. The standard InChI is InChI=1S/C11H16BrNO4S/c1-4-5-13-18(14,15)11-7-10(17-3)9(16-2)6-8(11)12/h6-7,13H,4-5H2,1-3H3. The van der Waals surface area contributed by atoms with Crippen LogP contribution in [0.25, 0.3) is 0 Å². The number of hydrogen-bond donors (Lipinski definition) is 1. The van der Waals surface area contributed by atoms with E-state index in [1.54, 1.807) is 6.07 Å². The fourth-order valence-electron chi connectivity index (χ4n) is 1.36. The van der Waals surface area contributed by atoms with Gasteiger partial charge in [-0.1, -0.05) is 6.92 Å². The molecule has 0 aromatic heterocycles. The molecule has 0 atom stereocenters. The highest BCUT2D eigenvalue weighted by Crippen LogP contribution is 2.35. The van der Waals surface area contributed by atoms with Crippen LogP contribution >= 0.6 is 15.9 Å². The van der Waals surface area contributed by atoms with Crippen LogP contribution in [-0.4, -0.2) is 29.2 Å². The molecule has 0 amide bonds. The summed E-state index contributed by atoms with van der Waals surface area (Å²) in [6, 6.07) is 3.00. The topological polar surface area (TPSA) is 64.6 Å². The third-order valence-electron chi connectivity index (χ3n) is 2.27. The van der Waals surface area contributed by atoms with Crippen molar-refractivity contribution in [1.29, 1.82) is 0 Å². The van der Waals surface area contributed by atoms with Gasteiger partial charge in [0.05, 0.1) is 14.2 Å². The lowest BCUT2D eigenvalue weighted by Gasteiger charge is -2.12. The number of hydrogen-bond acceptors (Lipinski definition) is 4. The van der Waals surface area contributed by atoms with Gasteiger partial charge in [0.25, 0.3) is 0 Å². The maximum atomic E-state index is 12.0. The Bertz CT molecular complexity index is 516. The molecule has 0 spiro atoms. The van der Waals surface area contributed by atoms with Crippen molar-refractivity contribution in [3.63, 3.8) is 0 Å². The van der Waals surface area contributed by atoms with Crippen LogP contribution in [0.1, 0.15) is 13.3 Å². The molecular formula is C11H16BrNO4S. The number of ether oxygens (including phenoxy) is 2. The molecule has 0 radical (unpaired) electrons. The van der Waals surface area contributed by atoms with Gasteiger partial charge in [-0.05, 0) is 28.4 Å². The van der Waals surface area contributed by atoms with E-state index in [2.05, 4.69) is 20.7 Å². The minimum Gasteiger partial charge on any atom is -0.493 e. The minimum absolute atomic E-state index is 0.133. The zero-order chi connectivity index (χ0) is 13.8. The number of methoxy groups -OCH3 is 2. The molecule has 0 saturated carbocycles. The molecule has 0 bridgehead atoms. The van der Waals surface area contributed by atoms with E-state index in [0.717, 1.165) is 6.42 Å². The summed E-state index contributed by atoms with van der Waals surface area (Å²) in [7, 11) is -0.589. The SMILES string of the molecule is CCCNS(=O)(=O)c1cc(OC)c(OC)cc1Br. The molecule has 0 heterocycles. The summed E-state index contributed by atoms with van der Waals surface area (Å²) < 4.78 is 37.2.